The number of rotatable bonds is 7. The number of hydrogen-bond acceptors (Lipinski definition) is 5. The van der Waals surface area contributed by atoms with Crippen molar-refractivity contribution in [1.82, 2.24) is 0 Å². The molecule has 0 bridgehead atoms. The average Bonchev–Trinajstić information content (AvgIpc) is 2.77. The smallest absolute Gasteiger partial charge is 0.437 e. The first-order valence-corrected chi connectivity index (χ1v) is 10.2. The number of ether oxygens (including phenoxy) is 1. The lowest BCUT2D eigenvalue weighted by atomic mass is 10.1. The number of aliphatic carboxylic acids is 1. The minimum absolute atomic E-state index is 0.107. The maximum atomic E-state index is 15.0. The van der Waals surface area contributed by atoms with E-state index < -0.39 is 23.8 Å². The van der Waals surface area contributed by atoms with E-state index >= 15 is 0 Å². The Morgan fingerprint density at radius 1 is 1.03 bits per heavy atom. The zero-order chi connectivity index (χ0) is 23.1. The van der Waals surface area contributed by atoms with E-state index in [2.05, 4.69) is 9.89 Å². The normalized spacial score (nSPS) is 13.5. The number of anilines is 2. The van der Waals surface area contributed by atoms with E-state index in [1.165, 1.54) is 0 Å². The van der Waals surface area contributed by atoms with Gasteiger partial charge in [-0.05, 0) is 30.2 Å². The van der Waals surface area contributed by atoms with Gasteiger partial charge < -0.3 is 31.1 Å². The van der Waals surface area contributed by atoms with Gasteiger partial charge in [0.1, 0.15) is 6.61 Å². The summed E-state index contributed by atoms with van der Waals surface area (Å²) < 4.78 is 19.9. The van der Waals surface area contributed by atoms with Crippen molar-refractivity contribution in [1.29, 1.82) is 0 Å². The highest BCUT2D eigenvalue weighted by Crippen LogP contribution is 2.26. The van der Waals surface area contributed by atoms with Crippen LogP contribution in [0.4, 0.5) is 20.6 Å². The van der Waals surface area contributed by atoms with Gasteiger partial charge in [-0.1, -0.05) is 24.3 Å². The Kier molecular flexibility index (Phi) is 7.48. The minimum Gasteiger partial charge on any atom is -0.481 e. The van der Waals surface area contributed by atoms with Crippen molar-refractivity contribution in [2.75, 3.05) is 36.0 Å². The molecule has 2 aromatic carbocycles. The first-order chi connectivity index (χ1) is 15.3. The van der Waals surface area contributed by atoms with Crippen LogP contribution in [0.3, 0.4) is 0 Å². The van der Waals surface area contributed by atoms with Gasteiger partial charge in [-0.2, -0.15) is 0 Å². The van der Waals surface area contributed by atoms with Crippen LogP contribution >= 0.6 is 0 Å². The fourth-order valence-electron chi connectivity index (χ4n) is 3.53. The SMILES string of the molecule is NC(N)=NC(=O)OCc1cccc(N2CCN(c3ccc(CCC(=O)O)cc3)CC2)c1F. The lowest BCUT2D eigenvalue weighted by molar-refractivity contribution is -0.136. The summed E-state index contributed by atoms with van der Waals surface area (Å²) in [5, 5.41) is 8.80. The van der Waals surface area contributed by atoms with Crippen molar-refractivity contribution < 1.29 is 23.8 Å². The molecule has 1 fully saturated rings. The molecule has 0 saturated carbocycles. The van der Waals surface area contributed by atoms with Crippen molar-refractivity contribution >= 4 is 29.4 Å². The van der Waals surface area contributed by atoms with Gasteiger partial charge in [-0.25, -0.2) is 9.18 Å². The van der Waals surface area contributed by atoms with Crippen LogP contribution in [-0.4, -0.2) is 49.3 Å². The Bertz CT molecular complexity index is 984. The lowest BCUT2D eigenvalue weighted by Crippen LogP contribution is -2.46. The predicted octanol–water partition coefficient (Wildman–Crippen LogP) is 2.08. The third-order valence-electron chi connectivity index (χ3n) is 5.18. The monoisotopic (exact) mass is 443 g/mol. The van der Waals surface area contributed by atoms with Gasteiger partial charge in [0, 0.05) is 43.9 Å². The van der Waals surface area contributed by atoms with Crippen molar-refractivity contribution in [2.24, 2.45) is 16.5 Å². The molecule has 0 spiro atoms. The zero-order valence-electron chi connectivity index (χ0n) is 17.5. The predicted molar refractivity (Wildman–Crippen MR) is 119 cm³/mol. The number of benzene rings is 2. The maximum Gasteiger partial charge on any atom is 0.437 e. The molecule has 1 amide bonds. The van der Waals surface area contributed by atoms with E-state index in [1.807, 2.05) is 29.2 Å². The van der Waals surface area contributed by atoms with Crippen LogP contribution in [0.15, 0.2) is 47.5 Å². The number of carbonyl (C=O) groups excluding carboxylic acids is 1. The van der Waals surface area contributed by atoms with Crippen LogP contribution in [-0.2, 0) is 22.6 Å². The van der Waals surface area contributed by atoms with Gasteiger partial charge in [0.25, 0.3) is 0 Å². The summed E-state index contributed by atoms with van der Waals surface area (Å²) in [6, 6.07) is 12.8. The van der Waals surface area contributed by atoms with Crippen LogP contribution in [0.25, 0.3) is 0 Å². The van der Waals surface area contributed by atoms with Crippen molar-refractivity contribution in [3.8, 4) is 0 Å². The second kappa shape index (κ2) is 10.5. The van der Waals surface area contributed by atoms with Crippen LogP contribution in [0.1, 0.15) is 17.5 Å². The molecule has 1 heterocycles. The Balaban J connectivity index is 1.58. The van der Waals surface area contributed by atoms with Gasteiger partial charge in [0.05, 0.1) is 5.69 Å². The lowest BCUT2D eigenvalue weighted by Gasteiger charge is -2.37. The molecule has 5 N–H and O–H groups in total. The largest absolute Gasteiger partial charge is 0.481 e. The number of piperazine rings is 1. The van der Waals surface area contributed by atoms with E-state index in [-0.39, 0.29) is 18.6 Å². The number of amides is 1. The van der Waals surface area contributed by atoms with Gasteiger partial charge in [0.15, 0.2) is 11.8 Å². The minimum atomic E-state index is -0.975. The first kappa shape index (κ1) is 22.9. The van der Waals surface area contributed by atoms with Gasteiger partial charge in [-0.3, -0.25) is 4.79 Å². The molecule has 32 heavy (non-hydrogen) atoms. The quantitative estimate of drug-likeness (QED) is 0.437. The summed E-state index contributed by atoms with van der Waals surface area (Å²) >= 11 is 0. The van der Waals surface area contributed by atoms with E-state index in [9.17, 15) is 14.0 Å². The fourth-order valence-corrected chi connectivity index (χ4v) is 3.53. The Morgan fingerprint density at radius 3 is 2.31 bits per heavy atom. The molecule has 10 heteroatoms. The molecule has 3 rings (SSSR count). The van der Waals surface area contributed by atoms with E-state index in [0.717, 1.165) is 11.3 Å². The summed E-state index contributed by atoms with van der Waals surface area (Å²) in [6.45, 7) is 2.38. The molecular weight excluding hydrogens is 417 g/mol. The van der Waals surface area contributed by atoms with Gasteiger partial charge in [-0.15, -0.1) is 4.99 Å². The summed E-state index contributed by atoms with van der Waals surface area (Å²) in [6.07, 6.45) is -0.367. The molecule has 170 valence electrons. The van der Waals surface area contributed by atoms with Crippen molar-refractivity contribution in [3.63, 3.8) is 0 Å². The fraction of sp³-hybridized carbons (Fsp3) is 0.318. The highest BCUT2D eigenvalue weighted by molar-refractivity contribution is 5.87. The number of aliphatic imine (C=N–C) groups is 1. The third-order valence-corrected chi connectivity index (χ3v) is 5.18. The van der Waals surface area contributed by atoms with E-state index in [0.29, 0.717) is 38.3 Å². The van der Waals surface area contributed by atoms with Crippen LogP contribution in [0, 0.1) is 5.82 Å². The van der Waals surface area contributed by atoms with Gasteiger partial charge in [0.2, 0.25) is 0 Å². The van der Waals surface area contributed by atoms with Crippen LogP contribution in [0.2, 0.25) is 0 Å². The molecule has 9 nitrogen and oxygen atoms in total. The van der Waals surface area contributed by atoms with E-state index in [4.69, 9.17) is 21.3 Å². The van der Waals surface area contributed by atoms with E-state index in [1.54, 1.807) is 18.2 Å². The number of nitrogens with zero attached hydrogens (tertiary/aromatic N) is 3. The first-order valence-electron chi connectivity index (χ1n) is 10.2. The number of halogens is 1. The summed E-state index contributed by atoms with van der Waals surface area (Å²) in [4.78, 5) is 29.6. The molecule has 0 aliphatic carbocycles. The molecule has 0 unspecified atom stereocenters. The Labute approximate surface area is 185 Å². The third kappa shape index (κ3) is 6.10. The number of carboxylic acid groups (broad SMARTS) is 1. The number of nitrogens with two attached hydrogens (primary N) is 2. The van der Waals surface area contributed by atoms with Gasteiger partial charge >= 0.3 is 12.1 Å². The highest BCUT2D eigenvalue weighted by atomic mass is 19.1. The summed E-state index contributed by atoms with van der Waals surface area (Å²) in [5.74, 6) is -1.67. The van der Waals surface area contributed by atoms with Crippen LogP contribution in [0.5, 0.6) is 0 Å². The second-order valence-corrected chi connectivity index (χ2v) is 7.38. The maximum absolute atomic E-state index is 15.0. The number of carbonyl (C=O) groups is 2. The topological polar surface area (TPSA) is 134 Å². The summed E-state index contributed by atoms with van der Waals surface area (Å²) in [5.41, 5.74) is 13.0. The standard InChI is InChI=1S/C22H26FN5O4/c23-20-16(14-32-22(31)26-21(24)25)2-1-3-18(20)28-12-10-27(11-13-28)17-7-4-15(5-8-17)6-9-19(29)30/h1-5,7-8H,6,9-14H2,(H,29,30)(H4,24,25,26,31). The molecular formula is C22H26FN5O4. The summed E-state index contributed by atoms with van der Waals surface area (Å²) in [7, 11) is 0. The molecule has 0 atom stereocenters. The van der Waals surface area contributed by atoms with Crippen molar-refractivity contribution in [3.05, 3.63) is 59.4 Å². The highest BCUT2D eigenvalue weighted by Gasteiger charge is 2.21. The molecule has 1 saturated heterocycles. The number of aryl methyl sites for hydroxylation is 1. The molecule has 1 aliphatic rings. The second-order valence-electron chi connectivity index (χ2n) is 7.38. The zero-order valence-corrected chi connectivity index (χ0v) is 17.5. The van der Waals surface area contributed by atoms with Crippen molar-refractivity contribution in [2.45, 2.75) is 19.4 Å². The molecule has 1 aliphatic heterocycles. The number of hydrogen-bond donors (Lipinski definition) is 3. The Hall–Kier alpha value is -3.82. The number of guanidine groups is 1. The molecule has 0 radical (unpaired) electrons. The van der Waals surface area contributed by atoms with Crippen LogP contribution < -0.4 is 21.3 Å². The average molecular weight is 443 g/mol. The molecule has 0 aromatic heterocycles. The number of carboxylic acids is 1. The Morgan fingerprint density at radius 2 is 1.69 bits per heavy atom. The molecule has 2 aromatic rings.